The molecule has 0 fully saturated rings. The van der Waals surface area contributed by atoms with Gasteiger partial charge in [0.2, 0.25) is 0 Å². The van der Waals surface area contributed by atoms with E-state index in [1.54, 1.807) is 12.2 Å². The van der Waals surface area contributed by atoms with Gasteiger partial charge in [-0.1, -0.05) is 0 Å². The Morgan fingerprint density at radius 1 is 1.77 bits per heavy atom. The number of nitrogens with two attached hydrogens (primary N) is 2. The lowest BCUT2D eigenvalue weighted by atomic mass is 10.3. The second-order valence-corrected chi connectivity index (χ2v) is 2.27. The number of hydroxylamine groups is 1. The van der Waals surface area contributed by atoms with E-state index in [0.717, 1.165) is 6.54 Å². The first-order chi connectivity index (χ1) is 6.20. The molecule has 0 aromatic rings. The SMILES string of the molecule is C=N/C(N)=C\C(N)/C=C/ONCC. The third-order valence-electron chi connectivity index (χ3n) is 1.14. The lowest BCUT2D eigenvalue weighted by Crippen LogP contribution is -2.16. The van der Waals surface area contributed by atoms with Crippen LogP contribution >= 0.6 is 0 Å². The van der Waals surface area contributed by atoms with Crippen molar-refractivity contribution in [3.05, 3.63) is 24.2 Å². The maximum atomic E-state index is 5.59. The predicted octanol–water partition coefficient (Wildman–Crippen LogP) is -0.131. The smallest absolute Gasteiger partial charge is 0.120 e. The highest BCUT2D eigenvalue weighted by molar-refractivity contribution is 5.28. The van der Waals surface area contributed by atoms with Gasteiger partial charge in [0.1, 0.15) is 12.1 Å². The van der Waals surface area contributed by atoms with Crippen LogP contribution in [0.4, 0.5) is 0 Å². The highest BCUT2D eigenvalue weighted by Gasteiger charge is 1.92. The highest BCUT2D eigenvalue weighted by Crippen LogP contribution is 1.90. The summed E-state index contributed by atoms with van der Waals surface area (Å²) in [7, 11) is 0. The second kappa shape index (κ2) is 7.33. The molecule has 0 spiro atoms. The van der Waals surface area contributed by atoms with Crippen molar-refractivity contribution in [2.45, 2.75) is 13.0 Å². The van der Waals surface area contributed by atoms with Crippen LogP contribution in [-0.4, -0.2) is 19.3 Å². The minimum atomic E-state index is -0.316. The number of aliphatic imine (C=N–C) groups is 1. The first-order valence-corrected chi connectivity index (χ1v) is 3.95. The van der Waals surface area contributed by atoms with Crippen LogP contribution in [0.3, 0.4) is 0 Å². The van der Waals surface area contributed by atoms with Crippen molar-refractivity contribution >= 4 is 6.72 Å². The molecule has 0 saturated carbocycles. The Labute approximate surface area is 78.1 Å². The van der Waals surface area contributed by atoms with Crippen LogP contribution in [-0.2, 0) is 4.84 Å². The molecule has 5 nitrogen and oxygen atoms in total. The molecule has 5 N–H and O–H groups in total. The molecule has 0 bridgehead atoms. The molecule has 0 saturated heterocycles. The second-order valence-electron chi connectivity index (χ2n) is 2.27. The summed E-state index contributed by atoms with van der Waals surface area (Å²) in [6, 6.07) is -0.316. The normalized spacial score (nSPS) is 14.5. The molecule has 0 aliphatic heterocycles. The third-order valence-corrected chi connectivity index (χ3v) is 1.14. The minimum Gasteiger partial charge on any atom is -0.417 e. The monoisotopic (exact) mass is 184 g/mol. The molecule has 0 aliphatic rings. The van der Waals surface area contributed by atoms with Gasteiger partial charge in [0.05, 0.1) is 0 Å². The first-order valence-electron chi connectivity index (χ1n) is 3.95. The van der Waals surface area contributed by atoms with Gasteiger partial charge in [-0.15, -0.1) is 0 Å². The zero-order valence-electron chi connectivity index (χ0n) is 7.73. The number of hydrogen-bond acceptors (Lipinski definition) is 5. The van der Waals surface area contributed by atoms with E-state index >= 15 is 0 Å². The number of nitrogens with zero attached hydrogens (tertiary/aromatic N) is 1. The van der Waals surface area contributed by atoms with Gasteiger partial charge in [-0.3, -0.25) is 0 Å². The van der Waals surface area contributed by atoms with Crippen molar-refractivity contribution in [2.24, 2.45) is 16.5 Å². The van der Waals surface area contributed by atoms with Gasteiger partial charge >= 0.3 is 0 Å². The van der Waals surface area contributed by atoms with Gasteiger partial charge in [-0.05, 0) is 25.8 Å². The van der Waals surface area contributed by atoms with Crippen LogP contribution < -0.4 is 16.9 Å². The largest absolute Gasteiger partial charge is 0.417 e. The molecule has 0 aliphatic carbocycles. The molecule has 74 valence electrons. The summed E-state index contributed by atoms with van der Waals surface area (Å²) in [5.41, 5.74) is 13.6. The maximum Gasteiger partial charge on any atom is 0.120 e. The van der Waals surface area contributed by atoms with Crippen LogP contribution in [0.5, 0.6) is 0 Å². The highest BCUT2D eigenvalue weighted by atomic mass is 16.6. The van der Waals surface area contributed by atoms with Gasteiger partial charge < -0.3 is 16.3 Å². The lowest BCUT2D eigenvalue weighted by Gasteiger charge is -2.01. The zero-order chi connectivity index (χ0) is 10.1. The fraction of sp³-hybridized carbons (Fsp3) is 0.375. The maximum absolute atomic E-state index is 5.59. The van der Waals surface area contributed by atoms with Gasteiger partial charge in [0.15, 0.2) is 0 Å². The van der Waals surface area contributed by atoms with E-state index in [2.05, 4.69) is 17.2 Å². The zero-order valence-corrected chi connectivity index (χ0v) is 7.73. The van der Waals surface area contributed by atoms with E-state index in [9.17, 15) is 0 Å². The van der Waals surface area contributed by atoms with E-state index in [1.807, 2.05) is 6.92 Å². The fourth-order valence-electron chi connectivity index (χ4n) is 0.567. The molecule has 0 radical (unpaired) electrons. The standard InChI is InChI=1S/C8H16N4O/c1-3-12-13-5-4-7(9)6-8(10)11-2/h4-7,12H,2-3,9-10H2,1H3/b5-4+,8-6-. The summed E-state index contributed by atoms with van der Waals surface area (Å²) < 4.78 is 0. The van der Waals surface area contributed by atoms with Gasteiger partial charge in [-0.25, -0.2) is 4.99 Å². The topological polar surface area (TPSA) is 85.7 Å². The molecule has 5 heteroatoms. The van der Waals surface area contributed by atoms with Crippen LogP contribution in [0.15, 0.2) is 29.2 Å². The Hall–Kier alpha value is -1.33. The van der Waals surface area contributed by atoms with Crippen molar-refractivity contribution in [3.63, 3.8) is 0 Å². The Bertz CT molecular complexity index is 200. The summed E-state index contributed by atoms with van der Waals surface area (Å²) in [5.74, 6) is 0.306. The third kappa shape index (κ3) is 7.04. The van der Waals surface area contributed by atoms with Crippen molar-refractivity contribution in [2.75, 3.05) is 6.54 Å². The Kier molecular flexibility index (Phi) is 6.58. The van der Waals surface area contributed by atoms with Crippen molar-refractivity contribution in [1.29, 1.82) is 0 Å². The van der Waals surface area contributed by atoms with Crippen molar-refractivity contribution in [1.82, 2.24) is 5.48 Å². The summed E-state index contributed by atoms with van der Waals surface area (Å²) >= 11 is 0. The van der Waals surface area contributed by atoms with E-state index in [1.165, 1.54) is 6.26 Å². The first kappa shape index (κ1) is 11.7. The summed E-state index contributed by atoms with van der Waals surface area (Å²) in [6.07, 6.45) is 4.67. The molecule has 0 aromatic carbocycles. The summed E-state index contributed by atoms with van der Waals surface area (Å²) in [4.78, 5) is 8.33. The van der Waals surface area contributed by atoms with Crippen molar-refractivity contribution < 1.29 is 4.84 Å². The van der Waals surface area contributed by atoms with E-state index in [0.29, 0.717) is 5.82 Å². The van der Waals surface area contributed by atoms with Crippen molar-refractivity contribution in [3.8, 4) is 0 Å². The van der Waals surface area contributed by atoms with Gasteiger partial charge in [-0.2, -0.15) is 5.48 Å². The Morgan fingerprint density at radius 3 is 3.00 bits per heavy atom. The molecule has 0 rings (SSSR count). The van der Waals surface area contributed by atoms with E-state index in [4.69, 9.17) is 16.3 Å². The van der Waals surface area contributed by atoms with Crippen LogP contribution in [0.2, 0.25) is 0 Å². The number of nitrogens with one attached hydrogen (secondary N) is 1. The van der Waals surface area contributed by atoms with Crippen LogP contribution in [0, 0.1) is 0 Å². The van der Waals surface area contributed by atoms with Crippen LogP contribution in [0.1, 0.15) is 6.92 Å². The molecule has 13 heavy (non-hydrogen) atoms. The summed E-state index contributed by atoms with van der Waals surface area (Å²) in [5, 5.41) is 0. The Morgan fingerprint density at radius 2 is 2.46 bits per heavy atom. The molecule has 0 amide bonds. The number of rotatable bonds is 6. The summed E-state index contributed by atoms with van der Waals surface area (Å²) in [6.45, 7) is 5.91. The number of hydrogen-bond donors (Lipinski definition) is 3. The van der Waals surface area contributed by atoms with E-state index < -0.39 is 0 Å². The quantitative estimate of drug-likeness (QED) is 0.232. The molecular formula is C8H16N4O. The van der Waals surface area contributed by atoms with E-state index in [-0.39, 0.29) is 6.04 Å². The molecule has 0 aromatic heterocycles. The molecule has 1 atom stereocenters. The fourth-order valence-corrected chi connectivity index (χ4v) is 0.567. The average molecular weight is 184 g/mol. The molecule has 1 unspecified atom stereocenters. The predicted molar refractivity (Wildman–Crippen MR) is 53.7 cm³/mol. The Balaban J connectivity index is 3.79. The van der Waals surface area contributed by atoms with Gasteiger partial charge in [0.25, 0.3) is 0 Å². The molecular weight excluding hydrogens is 168 g/mol. The lowest BCUT2D eigenvalue weighted by molar-refractivity contribution is 0.139. The van der Waals surface area contributed by atoms with Crippen LogP contribution in [0.25, 0.3) is 0 Å². The molecule has 0 heterocycles. The minimum absolute atomic E-state index is 0.306. The van der Waals surface area contributed by atoms with Gasteiger partial charge in [0, 0.05) is 12.6 Å². The average Bonchev–Trinajstić information content (AvgIpc) is 2.12.